The number of aliphatic hydroxyl groups is 1. The zero-order chi connectivity index (χ0) is 21.1. The predicted octanol–water partition coefficient (Wildman–Crippen LogP) is 1.57. The van der Waals surface area contributed by atoms with Crippen molar-refractivity contribution in [3.63, 3.8) is 0 Å². The summed E-state index contributed by atoms with van der Waals surface area (Å²) in [5.74, 6) is 0.836. The first-order valence-electron chi connectivity index (χ1n) is 10.7. The van der Waals surface area contributed by atoms with Crippen molar-refractivity contribution in [1.82, 2.24) is 5.32 Å². The lowest BCUT2D eigenvalue weighted by Crippen LogP contribution is -2.47. The van der Waals surface area contributed by atoms with Crippen LogP contribution < -0.4 is 15.4 Å². The van der Waals surface area contributed by atoms with Gasteiger partial charge in [-0.15, -0.1) is 0 Å². The Kier molecular flexibility index (Phi) is 6.55. The Bertz CT molecular complexity index is 781. The van der Waals surface area contributed by atoms with Gasteiger partial charge in [0.05, 0.1) is 25.7 Å². The zero-order valence-corrected chi connectivity index (χ0v) is 17.3. The van der Waals surface area contributed by atoms with Gasteiger partial charge in [-0.2, -0.15) is 0 Å². The number of anilines is 1. The first-order chi connectivity index (χ1) is 14.6. The molecule has 164 valence electrons. The number of rotatable bonds is 8. The first kappa shape index (κ1) is 21.1. The smallest absolute Gasteiger partial charge is 0.227 e. The molecule has 2 amide bonds. The predicted molar refractivity (Wildman–Crippen MR) is 109 cm³/mol. The van der Waals surface area contributed by atoms with Crippen molar-refractivity contribution in [3.8, 4) is 5.75 Å². The largest absolute Gasteiger partial charge is 0.487 e. The average molecular weight is 418 g/mol. The van der Waals surface area contributed by atoms with E-state index < -0.39 is 6.10 Å². The van der Waals surface area contributed by atoms with Gasteiger partial charge in [0.25, 0.3) is 0 Å². The number of carbonyl (C=O) groups excluding carboxylic acids is 2. The molecule has 1 aromatic carbocycles. The molecule has 30 heavy (non-hydrogen) atoms. The van der Waals surface area contributed by atoms with Crippen LogP contribution in [0.3, 0.4) is 0 Å². The fraction of sp³-hybridized carbons (Fsp3) is 0.636. The van der Waals surface area contributed by atoms with Crippen LogP contribution in [-0.2, 0) is 19.1 Å². The summed E-state index contributed by atoms with van der Waals surface area (Å²) in [5.41, 5.74) is 1.76. The molecule has 2 fully saturated rings. The van der Waals surface area contributed by atoms with Gasteiger partial charge in [0.2, 0.25) is 11.8 Å². The van der Waals surface area contributed by atoms with Crippen molar-refractivity contribution in [2.45, 2.75) is 56.3 Å². The highest BCUT2D eigenvalue weighted by atomic mass is 16.6. The van der Waals surface area contributed by atoms with E-state index in [2.05, 4.69) is 10.6 Å². The summed E-state index contributed by atoms with van der Waals surface area (Å²) in [4.78, 5) is 24.5. The fourth-order valence-corrected chi connectivity index (χ4v) is 4.45. The van der Waals surface area contributed by atoms with Gasteiger partial charge < -0.3 is 30.0 Å². The van der Waals surface area contributed by atoms with Crippen LogP contribution in [-0.4, -0.2) is 62.1 Å². The lowest BCUT2D eigenvalue weighted by Gasteiger charge is -2.37. The van der Waals surface area contributed by atoms with Crippen LogP contribution in [0.5, 0.6) is 5.75 Å². The molecular weight excluding hydrogens is 388 g/mol. The molecule has 1 saturated carbocycles. The highest BCUT2D eigenvalue weighted by Crippen LogP contribution is 2.47. The molecule has 3 N–H and O–H groups in total. The molecule has 1 aromatic rings. The molecule has 4 rings (SSSR count). The normalized spacial score (nSPS) is 27.4. The van der Waals surface area contributed by atoms with Gasteiger partial charge in [0.1, 0.15) is 18.0 Å². The standard InChI is InChI=1S/C22H30N2O6/c1-28-8-7-23-20(26)11-15-10-17-16-9-14(24-22(27)13-3-2-4-13)5-6-18(16)30-21(17)19(12-25)29-15/h5-6,9,13,15,17,19,21,25H,2-4,7-8,10-12H2,1H3,(H,23,26)(H,24,27)/t15-,17-,19+,21+/m0/s1. The number of amides is 2. The molecule has 0 aromatic heterocycles. The van der Waals surface area contributed by atoms with Gasteiger partial charge in [-0.25, -0.2) is 0 Å². The molecule has 0 unspecified atom stereocenters. The molecule has 2 heterocycles. The number of aliphatic hydroxyl groups excluding tert-OH is 1. The molecule has 8 nitrogen and oxygen atoms in total. The SMILES string of the molecule is COCCNC(=O)C[C@@H]1C[C@H]2c3cc(NC(=O)C4CCC4)ccc3O[C@H]2[C@@H](CO)O1. The second kappa shape index (κ2) is 9.32. The molecular formula is C22H30N2O6. The highest BCUT2D eigenvalue weighted by molar-refractivity contribution is 5.93. The number of benzene rings is 1. The van der Waals surface area contributed by atoms with Crippen molar-refractivity contribution in [2.24, 2.45) is 5.92 Å². The summed E-state index contributed by atoms with van der Waals surface area (Å²) in [5, 5.41) is 15.7. The van der Waals surface area contributed by atoms with E-state index in [0.717, 1.165) is 36.3 Å². The van der Waals surface area contributed by atoms with Crippen LogP contribution >= 0.6 is 0 Å². The summed E-state index contributed by atoms with van der Waals surface area (Å²) in [6.45, 7) is 0.730. The van der Waals surface area contributed by atoms with E-state index in [1.54, 1.807) is 7.11 Å². The number of hydrogen-bond donors (Lipinski definition) is 3. The Morgan fingerprint density at radius 2 is 2.13 bits per heavy atom. The molecule has 2 aliphatic heterocycles. The Morgan fingerprint density at radius 3 is 2.83 bits per heavy atom. The van der Waals surface area contributed by atoms with E-state index >= 15 is 0 Å². The van der Waals surface area contributed by atoms with Gasteiger partial charge in [0, 0.05) is 36.7 Å². The minimum Gasteiger partial charge on any atom is -0.487 e. The van der Waals surface area contributed by atoms with Crippen molar-refractivity contribution in [2.75, 3.05) is 32.2 Å². The fourth-order valence-electron chi connectivity index (χ4n) is 4.45. The molecule has 0 bridgehead atoms. The van der Waals surface area contributed by atoms with E-state index in [-0.39, 0.29) is 48.9 Å². The summed E-state index contributed by atoms with van der Waals surface area (Å²) in [6, 6.07) is 5.68. The highest BCUT2D eigenvalue weighted by Gasteiger charge is 2.46. The van der Waals surface area contributed by atoms with Crippen LogP contribution in [0.4, 0.5) is 5.69 Å². The van der Waals surface area contributed by atoms with Crippen LogP contribution in [0.15, 0.2) is 18.2 Å². The zero-order valence-electron chi connectivity index (χ0n) is 17.3. The monoisotopic (exact) mass is 418 g/mol. The van der Waals surface area contributed by atoms with Crippen molar-refractivity contribution < 1.29 is 28.9 Å². The van der Waals surface area contributed by atoms with Crippen molar-refractivity contribution in [1.29, 1.82) is 0 Å². The third kappa shape index (κ3) is 4.45. The lowest BCUT2D eigenvalue weighted by molar-refractivity contribution is -0.142. The molecule has 4 atom stereocenters. The lowest BCUT2D eigenvalue weighted by atomic mass is 9.83. The summed E-state index contributed by atoms with van der Waals surface area (Å²) < 4.78 is 17.0. The van der Waals surface area contributed by atoms with Crippen LogP contribution in [0.1, 0.15) is 43.6 Å². The second-order valence-electron chi connectivity index (χ2n) is 8.32. The van der Waals surface area contributed by atoms with Crippen LogP contribution in [0.2, 0.25) is 0 Å². The number of ether oxygens (including phenoxy) is 3. The van der Waals surface area contributed by atoms with Gasteiger partial charge in [0.15, 0.2) is 0 Å². The molecule has 1 saturated heterocycles. The maximum Gasteiger partial charge on any atom is 0.227 e. The van der Waals surface area contributed by atoms with E-state index in [9.17, 15) is 14.7 Å². The van der Waals surface area contributed by atoms with Crippen molar-refractivity contribution in [3.05, 3.63) is 23.8 Å². The van der Waals surface area contributed by atoms with E-state index in [1.807, 2.05) is 18.2 Å². The Balaban J connectivity index is 1.44. The molecule has 8 heteroatoms. The summed E-state index contributed by atoms with van der Waals surface area (Å²) in [7, 11) is 1.59. The maximum absolute atomic E-state index is 12.3. The molecule has 0 spiro atoms. The third-order valence-corrected chi connectivity index (χ3v) is 6.28. The van der Waals surface area contributed by atoms with Gasteiger partial charge in [-0.3, -0.25) is 9.59 Å². The topological polar surface area (TPSA) is 106 Å². The maximum atomic E-state index is 12.3. The Morgan fingerprint density at radius 1 is 1.30 bits per heavy atom. The number of fused-ring (bicyclic) bond motifs is 3. The first-order valence-corrected chi connectivity index (χ1v) is 10.7. The molecule has 0 radical (unpaired) electrons. The van der Waals surface area contributed by atoms with E-state index in [1.165, 1.54) is 0 Å². The van der Waals surface area contributed by atoms with Crippen LogP contribution in [0, 0.1) is 5.92 Å². The minimum absolute atomic E-state index is 0.00299. The molecule has 3 aliphatic rings. The quantitative estimate of drug-likeness (QED) is 0.554. The number of hydrogen-bond acceptors (Lipinski definition) is 6. The second-order valence-corrected chi connectivity index (χ2v) is 8.32. The summed E-state index contributed by atoms with van der Waals surface area (Å²) in [6.07, 6.45) is 2.75. The van der Waals surface area contributed by atoms with E-state index in [4.69, 9.17) is 14.2 Å². The molecule has 1 aliphatic carbocycles. The number of nitrogens with one attached hydrogen (secondary N) is 2. The average Bonchev–Trinajstić information content (AvgIpc) is 3.04. The van der Waals surface area contributed by atoms with E-state index in [0.29, 0.717) is 19.6 Å². The van der Waals surface area contributed by atoms with Gasteiger partial charge in [-0.1, -0.05) is 6.42 Å². The van der Waals surface area contributed by atoms with Crippen molar-refractivity contribution >= 4 is 17.5 Å². The Hall–Kier alpha value is -2.16. The number of methoxy groups -OCH3 is 1. The van der Waals surface area contributed by atoms with Gasteiger partial charge >= 0.3 is 0 Å². The Labute approximate surface area is 176 Å². The minimum atomic E-state index is -0.499. The number of carbonyl (C=O) groups is 2. The van der Waals surface area contributed by atoms with Gasteiger partial charge in [-0.05, 0) is 37.5 Å². The summed E-state index contributed by atoms with van der Waals surface area (Å²) >= 11 is 0. The van der Waals surface area contributed by atoms with Crippen LogP contribution in [0.25, 0.3) is 0 Å². The third-order valence-electron chi connectivity index (χ3n) is 6.28.